The minimum atomic E-state index is -0.965. The van der Waals surface area contributed by atoms with Crippen LogP contribution in [0.2, 0.25) is 0 Å². The van der Waals surface area contributed by atoms with Gasteiger partial charge in [-0.3, -0.25) is 14.7 Å². The maximum atomic E-state index is 12.9. The Morgan fingerprint density at radius 1 is 1.30 bits per heavy atom. The Labute approximate surface area is 155 Å². The summed E-state index contributed by atoms with van der Waals surface area (Å²) in [5.41, 5.74) is 2.75. The van der Waals surface area contributed by atoms with Gasteiger partial charge in [0.15, 0.2) is 12.0 Å². The van der Waals surface area contributed by atoms with Crippen molar-refractivity contribution >= 4 is 0 Å². The Bertz CT molecular complexity index is 1030. The van der Waals surface area contributed by atoms with Crippen LogP contribution in [0.3, 0.4) is 0 Å². The van der Waals surface area contributed by atoms with Gasteiger partial charge in [0, 0.05) is 24.5 Å². The van der Waals surface area contributed by atoms with Crippen molar-refractivity contribution in [3.8, 4) is 23.0 Å². The van der Waals surface area contributed by atoms with Crippen LogP contribution in [0.1, 0.15) is 23.0 Å². The molecule has 0 aliphatic rings. The lowest BCUT2D eigenvalue weighted by Crippen LogP contribution is -2.23. The van der Waals surface area contributed by atoms with E-state index < -0.39 is 6.23 Å². The van der Waals surface area contributed by atoms with E-state index in [0.29, 0.717) is 28.2 Å². The molecule has 0 radical (unpaired) electrons. The molecule has 27 heavy (non-hydrogen) atoms. The number of nitrogens with zero attached hydrogens (tertiary/aromatic N) is 4. The number of aromatic amines is 1. The van der Waals surface area contributed by atoms with Crippen LogP contribution >= 0.6 is 0 Å². The molecule has 0 bridgehead atoms. The number of aryl methyl sites for hydroxylation is 1. The molecule has 0 saturated heterocycles. The first-order valence-corrected chi connectivity index (χ1v) is 8.19. The van der Waals surface area contributed by atoms with E-state index in [0.717, 1.165) is 5.56 Å². The van der Waals surface area contributed by atoms with E-state index in [9.17, 15) is 9.90 Å². The zero-order valence-corrected chi connectivity index (χ0v) is 15.2. The molecule has 1 aromatic carbocycles. The van der Waals surface area contributed by atoms with E-state index in [-0.39, 0.29) is 5.56 Å². The molecular weight excluding hydrogens is 346 g/mol. The van der Waals surface area contributed by atoms with E-state index in [4.69, 9.17) is 10.1 Å². The number of nitriles is 1. The largest absolute Gasteiger partial charge is 0.372 e. The van der Waals surface area contributed by atoms with Crippen molar-refractivity contribution in [3.63, 3.8) is 0 Å². The SMILES string of the molecule is CON(C)C(O)c1ccc(-n2[nH]c(C)c(-c3ccc(C#N)cc3)c2=O)nc1. The summed E-state index contributed by atoms with van der Waals surface area (Å²) >= 11 is 0. The van der Waals surface area contributed by atoms with Crippen molar-refractivity contribution < 1.29 is 9.94 Å². The number of aliphatic hydroxyl groups excluding tert-OH is 1. The fourth-order valence-corrected chi connectivity index (χ4v) is 2.75. The Kier molecular flexibility index (Phi) is 5.19. The third-order valence-corrected chi connectivity index (χ3v) is 4.30. The molecule has 2 N–H and O–H groups in total. The summed E-state index contributed by atoms with van der Waals surface area (Å²) in [4.78, 5) is 22.1. The van der Waals surface area contributed by atoms with Crippen LogP contribution in [0.4, 0.5) is 0 Å². The van der Waals surface area contributed by atoms with E-state index in [1.807, 2.05) is 0 Å². The van der Waals surface area contributed by atoms with E-state index in [1.54, 1.807) is 50.4 Å². The average Bonchev–Trinajstić information content (AvgIpc) is 3.01. The molecule has 1 atom stereocenters. The third-order valence-electron chi connectivity index (χ3n) is 4.30. The smallest absolute Gasteiger partial charge is 0.280 e. The maximum Gasteiger partial charge on any atom is 0.280 e. The minimum Gasteiger partial charge on any atom is -0.372 e. The minimum absolute atomic E-state index is 0.244. The maximum absolute atomic E-state index is 12.9. The number of hydroxylamine groups is 2. The van der Waals surface area contributed by atoms with Gasteiger partial charge >= 0.3 is 0 Å². The molecule has 2 aromatic heterocycles. The first-order valence-electron chi connectivity index (χ1n) is 8.19. The van der Waals surface area contributed by atoms with Gasteiger partial charge in [0.05, 0.1) is 24.3 Å². The van der Waals surface area contributed by atoms with Gasteiger partial charge in [-0.25, -0.2) is 9.67 Å². The zero-order valence-electron chi connectivity index (χ0n) is 15.2. The predicted octanol–water partition coefficient (Wildman–Crippen LogP) is 1.89. The molecule has 3 rings (SSSR count). The van der Waals surface area contributed by atoms with Gasteiger partial charge in [-0.05, 0) is 36.8 Å². The van der Waals surface area contributed by atoms with Crippen LogP contribution in [-0.4, -0.2) is 39.1 Å². The highest BCUT2D eigenvalue weighted by molar-refractivity contribution is 5.66. The summed E-state index contributed by atoms with van der Waals surface area (Å²) in [6, 6.07) is 12.2. The molecule has 0 spiro atoms. The predicted molar refractivity (Wildman–Crippen MR) is 98.8 cm³/mol. The van der Waals surface area contributed by atoms with Gasteiger partial charge in [0.25, 0.3) is 5.56 Å². The fourth-order valence-electron chi connectivity index (χ4n) is 2.75. The molecule has 0 fully saturated rings. The quantitative estimate of drug-likeness (QED) is 0.528. The van der Waals surface area contributed by atoms with Crippen molar-refractivity contribution in [3.05, 3.63) is 69.8 Å². The Hall–Kier alpha value is -3.25. The Morgan fingerprint density at radius 3 is 2.56 bits per heavy atom. The molecule has 8 nitrogen and oxygen atoms in total. The normalized spacial score (nSPS) is 12.1. The molecular formula is C19H19N5O3. The number of rotatable bonds is 5. The van der Waals surface area contributed by atoms with Crippen LogP contribution in [0.15, 0.2) is 47.4 Å². The summed E-state index contributed by atoms with van der Waals surface area (Å²) < 4.78 is 1.35. The highest BCUT2D eigenvalue weighted by Crippen LogP contribution is 2.21. The van der Waals surface area contributed by atoms with Crippen molar-refractivity contribution in [1.29, 1.82) is 5.26 Å². The second-order valence-corrected chi connectivity index (χ2v) is 5.99. The number of nitrogens with one attached hydrogen (secondary N) is 1. The molecule has 3 aromatic rings. The lowest BCUT2D eigenvalue weighted by molar-refractivity contribution is -0.206. The first kappa shape index (κ1) is 18.5. The molecule has 0 aliphatic heterocycles. The monoisotopic (exact) mass is 365 g/mol. The van der Waals surface area contributed by atoms with Crippen LogP contribution in [-0.2, 0) is 4.84 Å². The van der Waals surface area contributed by atoms with Crippen molar-refractivity contribution in [2.45, 2.75) is 13.2 Å². The molecule has 2 heterocycles. The van der Waals surface area contributed by atoms with E-state index >= 15 is 0 Å². The van der Waals surface area contributed by atoms with Crippen molar-refractivity contribution in [2.24, 2.45) is 0 Å². The average molecular weight is 365 g/mol. The van der Waals surface area contributed by atoms with Crippen LogP contribution < -0.4 is 5.56 Å². The van der Waals surface area contributed by atoms with Gasteiger partial charge in [0.2, 0.25) is 0 Å². The highest BCUT2D eigenvalue weighted by atomic mass is 16.7. The Balaban J connectivity index is 1.97. The molecule has 0 aliphatic carbocycles. The second kappa shape index (κ2) is 7.55. The summed E-state index contributed by atoms with van der Waals surface area (Å²) in [5, 5.41) is 23.3. The number of aliphatic hydroxyl groups is 1. The second-order valence-electron chi connectivity index (χ2n) is 5.99. The summed E-state index contributed by atoms with van der Waals surface area (Å²) in [6.07, 6.45) is 0.521. The lowest BCUT2D eigenvalue weighted by Gasteiger charge is -2.20. The molecule has 1 unspecified atom stereocenters. The van der Waals surface area contributed by atoms with Crippen molar-refractivity contribution in [2.75, 3.05) is 14.2 Å². The molecule has 0 saturated carbocycles. The van der Waals surface area contributed by atoms with Gasteiger partial charge in [0.1, 0.15) is 0 Å². The number of hydrogen-bond acceptors (Lipinski definition) is 6. The molecule has 8 heteroatoms. The molecule has 0 amide bonds. The highest BCUT2D eigenvalue weighted by Gasteiger charge is 2.17. The lowest BCUT2D eigenvalue weighted by atomic mass is 10.1. The molecule has 138 valence electrons. The first-order chi connectivity index (χ1) is 13.0. The van der Waals surface area contributed by atoms with Gasteiger partial charge in [-0.1, -0.05) is 12.1 Å². The van der Waals surface area contributed by atoms with Gasteiger partial charge in [-0.15, -0.1) is 0 Å². The zero-order chi connectivity index (χ0) is 19.6. The van der Waals surface area contributed by atoms with Gasteiger partial charge < -0.3 is 5.11 Å². The topological polar surface area (TPSA) is 107 Å². The van der Waals surface area contributed by atoms with Gasteiger partial charge in [-0.2, -0.15) is 10.3 Å². The number of aromatic nitrogens is 3. The number of pyridine rings is 1. The van der Waals surface area contributed by atoms with E-state index in [2.05, 4.69) is 16.2 Å². The summed E-state index contributed by atoms with van der Waals surface area (Å²) in [6.45, 7) is 1.80. The standard InChI is InChI=1S/C19H19N5O3/c1-12-17(14-6-4-13(10-20)5-7-14)19(26)24(22-12)16-9-8-15(11-21-16)18(25)23(2)27-3/h4-9,11,18,22,25H,1-3H3. The fraction of sp³-hybridized carbons (Fsp3) is 0.211. The van der Waals surface area contributed by atoms with Crippen LogP contribution in [0.5, 0.6) is 0 Å². The number of H-pyrrole nitrogens is 1. The van der Waals surface area contributed by atoms with Crippen LogP contribution in [0.25, 0.3) is 16.9 Å². The number of benzene rings is 1. The summed E-state index contributed by atoms with van der Waals surface area (Å²) in [5.74, 6) is 0.402. The number of hydrogen-bond donors (Lipinski definition) is 2. The van der Waals surface area contributed by atoms with Crippen LogP contribution in [0, 0.1) is 18.3 Å². The van der Waals surface area contributed by atoms with E-state index in [1.165, 1.54) is 23.1 Å². The van der Waals surface area contributed by atoms with Crippen molar-refractivity contribution in [1.82, 2.24) is 19.8 Å². The summed E-state index contributed by atoms with van der Waals surface area (Å²) in [7, 11) is 3.05. The Morgan fingerprint density at radius 2 is 2.00 bits per heavy atom. The third kappa shape index (κ3) is 3.52.